The number of aliphatic hydroxyl groups is 1. The summed E-state index contributed by atoms with van der Waals surface area (Å²) in [6.07, 6.45) is 7.65. The van der Waals surface area contributed by atoms with Gasteiger partial charge in [-0.1, -0.05) is 25.7 Å². The molecule has 2 heteroatoms. The fourth-order valence-electron chi connectivity index (χ4n) is 2.50. The smallest absolute Gasteiger partial charge is 0.0466 e. The molecule has 1 aliphatic rings. The molecule has 0 aromatic rings. The van der Waals surface area contributed by atoms with Crippen LogP contribution in [0.1, 0.15) is 45.4 Å². The van der Waals surface area contributed by atoms with Crippen molar-refractivity contribution in [2.45, 2.75) is 45.4 Å². The first-order valence-electron chi connectivity index (χ1n) is 6.07. The molecule has 0 aromatic heterocycles. The van der Waals surface area contributed by atoms with Crippen molar-refractivity contribution in [1.29, 1.82) is 0 Å². The van der Waals surface area contributed by atoms with E-state index in [4.69, 9.17) is 4.74 Å². The SMILES string of the molecule is CCOCCCC(CO)C1CCCC1. The number of rotatable bonds is 7. The molecule has 1 saturated carbocycles. The second kappa shape index (κ2) is 7.24. The predicted molar refractivity (Wildman–Crippen MR) is 58.3 cm³/mol. The van der Waals surface area contributed by atoms with Gasteiger partial charge >= 0.3 is 0 Å². The molecule has 0 radical (unpaired) electrons. The van der Waals surface area contributed by atoms with Crippen LogP contribution in [0, 0.1) is 11.8 Å². The van der Waals surface area contributed by atoms with Gasteiger partial charge in [0.05, 0.1) is 0 Å². The molecule has 84 valence electrons. The summed E-state index contributed by atoms with van der Waals surface area (Å²) in [5.74, 6) is 1.33. The van der Waals surface area contributed by atoms with Crippen LogP contribution in [-0.2, 0) is 4.74 Å². The summed E-state index contributed by atoms with van der Waals surface area (Å²) >= 11 is 0. The molecule has 0 saturated heterocycles. The highest BCUT2D eigenvalue weighted by Crippen LogP contribution is 2.33. The van der Waals surface area contributed by atoms with Crippen LogP contribution in [-0.4, -0.2) is 24.9 Å². The molecular weight excluding hydrogens is 176 g/mol. The van der Waals surface area contributed by atoms with Gasteiger partial charge in [-0.3, -0.25) is 0 Å². The monoisotopic (exact) mass is 200 g/mol. The van der Waals surface area contributed by atoms with Crippen LogP contribution < -0.4 is 0 Å². The first-order valence-corrected chi connectivity index (χ1v) is 6.07. The number of aliphatic hydroxyl groups excluding tert-OH is 1. The van der Waals surface area contributed by atoms with Gasteiger partial charge in [0.25, 0.3) is 0 Å². The zero-order chi connectivity index (χ0) is 10.2. The molecule has 1 fully saturated rings. The van der Waals surface area contributed by atoms with Crippen molar-refractivity contribution < 1.29 is 9.84 Å². The summed E-state index contributed by atoms with van der Waals surface area (Å²) in [5.41, 5.74) is 0. The van der Waals surface area contributed by atoms with E-state index in [1.165, 1.54) is 25.7 Å². The van der Waals surface area contributed by atoms with Gasteiger partial charge in [-0.05, 0) is 31.6 Å². The molecular formula is C12H24O2. The molecule has 1 unspecified atom stereocenters. The van der Waals surface area contributed by atoms with Crippen molar-refractivity contribution >= 4 is 0 Å². The van der Waals surface area contributed by atoms with Gasteiger partial charge in [-0.25, -0.2) is 0 Å². The van der Waals surface area contributed by atoms with Crippen molar-refractivity contribution in [1.82, 2.24) is 0 Å². The maximum absolute atomic E-state index is 9.30. The molecule has 2 nitrogen and oxygen atoms in total. The highest BCUT2D eigenvalue weighted by Gasteiger charge is 2.23. The summed E-state index contributed by atoms with van der Waals surface area (Å²) in [7, 11) is 0. The van der Waals surface area contributed by atoms with Gasteiger partial charge in [-0.15, -0.1) is 0 Å². The third-order valence-corrected chi connectivity index (χ3v) is 3.37. The number of ether oxygens (including phenoxy) is 1. The van der Waals surface area contributed by atoms with Crippen molar-refractivity contribution in [3.05, 3.63) is 0 Å². The molecule has 0 spiro atoms. The van der Waals surface area contributed by atoms with Gasteiger partial charge in [0.1, 0.15) is 0 Å². The Bertz CT molecular complexity index is 130. The van der Waals surface area contributed by atoms with Crippen LogP contribution in [0.3, 0.4) is 0 Å². The Labute approximate surface area is 87.7 Å². The lowest BCUT2D eigenvalue weighted by atomic mass is 9.88. The van der Waals surface area contributed by atoms with Gasteiger partial charge in [0.2, 0.25) is 0 Å². The second-order valence-electron chi connectivity index (χ2n) is 4.33. The lowest BCUT2D eigenvalue weighted by Gasteiger charge is -2.20. The van der Waals surface area contributed by atoms with Crippen molar-refractivity contribution in [3.8, 4) is 0 Å². The number of hydrogen-bond donors (Lipinski definition) is 1. The maximum atomic E-state index is 9.30. The summed E-state index contributed by atoms with van der Waals surface area (Å²) in [6.45, 7) is 4.07. The van der Waals surface area contributed by atoms with Crippen LogP contribution in [0.15, 0.2) is 0 Å². The second-order valence-corrected chi connectivity index (χ2v) is 4.33. The summed E-state index contributed by atoms with van der Waals surface area (Å²) in [4.78, 5) is 0. The van der Waals surface area contributed by atoms with Gasteiger partial charge in [0.15, 0.2) is 0 Å². The maximum Gasteiger partial charge on any atom is 0.0466 e. The Morgan fingerprint density at radius 2 is 2.07 bits per heavy atom. The molecule has 14 heavy (non-hydrogen) atoms. The Morgan fingerprint density at radius 3 is 2.64 bits per heavy atom. The minimum absolute atomic E-state index is 0.372. The Kier molecular flexibility index (Phi) is 6.20. The Balaban J connectivity index is 2.11. The van der Waals surface area contributed by atoms with Crippen molar-refractivity contribution in [2.75, 3.05) is 19.8 Å². The summed E-state index contributed by atoms with van der Waals surface area (Å²) < 4.78 is 5.31. The van der Waals surface area contributed by atoms with E-state index < -0.39 is 0 Å². The minimum Gasteiger partial charge on any atom is -0.396 e. The van der Waals surface area contributed by atoms with Crippen LogP contribution >= 0.6 is 0 Å². The zero-order valence-electron chi connectivity index (χ0n) is 9.37. The average Bonchev–Trinajstić information content (AvgIpc) is 2.71. The van der Waals surface area contributed by atoms with E-state index >= 15 is 0 Å². The Hall–Kier alpha value is -0.0800. The summed E-state index contributed by atoms with van der Waals surface area (Å²) in [5, 5.41) is 9.30. The molecule has 1 aliphatic carbocycles. The predicted octanol–water partition coefficient (Wildman–Crippen LogP) is 2.60. The van der Waals surface area contributed by atoms with E-state index in [1.54, 1.807) is 0 Å². The van der Waals surface area contributed by atoms with E-state index in [1.807, 2.05) is 6.92 Å². The normalized spacial score (nSPS) is 20.1. The third kappa shape index (κ3) is 3.97. The molecule has 0 amide bonds. The van der Waals surface area contributed by atoms with Crippen molar-refractivity contribution in [3.63, 3.8) is 0 Å². The van der Waals surface area contributed by atoms with Gasteiger partial charge < -0.3 is 9.84 Å². The van der Waals surface area contributed by atoms with Crippen molar-refractivity contribution in [2.24, 2.45) is 11.8 Å². The lowest BCUT2D eigenvalue weighted by molar-refractivity contribution is 0.119. The lowest BCUT2D eigenvalue weighted by Crippen LogP contribution is -2.16. The minimum atomic E-state index is 0.372. The van der Waals surface area contributed by atoms with E-state index in [-0.39, 0.29) is 0 Å². The standard InChI is InChI=1S/C12H24O2/c1-2-14-9-5-8-12(10-13)11-6-3-4-7-11/h11-13H,2-10H2,1H3. The quantitative estimate of drug-likeness (QED) is 0.640. The fourth-order valence-corrected chi connectivity index (χ4v) is 2.50. The number of hydrogen-bond acceptors (Lipinski definition) is 2. The van der Waals surface area contributed by atoms with Crippen LogP contribution in [0.25, 0.3) is 0 Å². The molecule has 1 rings (SSSR count). The van der Waals surface area contributed by atoms with Gasteiger partial charge in [0, 0.05) is 19.8 Å². The zero-order valence-corrected chi connectivity index (χ0v) is 9.37. The molecule has 0 aromatic carbocycles. The average molecular weight is 200 g/mol. The van der Waals surface area contributed by atoms with Crippen LogP contribution in [0.5, 0.6) is 0 Å². The first-order chi connectivity index (χ1) is 6.88. The van der Waals surface area contributed by atoms with E-state index in [9.17, 15) is 5.11 Å². The topological polar surface area (TPSA) is 29.5 Å². The molecule has 0 aliphatic heterocycles. The van der Waals surface area contributed by atoms with E-state index in [0.717, 1.165) is 32.0 Å². The Morgan fingerprint density at radius 1 is 1.36 bits per heavy atom. The molecule has 1 N–H and O–H groups in total. The van der Waals surface area contributed by atoms with Crippen LogP contribution in [0.2, 0.25) is 0 Å². The summed E-state index contributed by atoms with van der Waals surface area (Å²) in [6, 6.07) is 0. The molecule has 0 heterocycles. The van der Waals surface area contributed by atoms with Gasteiger partial charge in [-0.2, -0.15) is 0 Å². The fraction of sp³-hybridized carbons (Fsp3) is 1.00. The molecule has 1 atom stereocenters. The van der Waals surface area contributed by atoms with Crippen LogP contribution in [0.4, 0.5) is 0 Å². The van der Waals surface area contributed by atoms with E-state index in [0.29, 0.717) is 12.5 Å². The molecule has 0 bridgehead atoms. The largest absolute Gasteiger partial charge is 0.396 e. The first kappa shape index (κ1) is 12.0. The highest BCUT2D eigenvalue weighted by atomic mass is 16.5. The van der Waals surface area contributed by atoms with E-state index in [2.05, 4.69) is 0 Å². The highest BCUT2D eigenvalue weighted by molar-refractivity contribution is 4.74. The third-order valence-electron chi connectivity index (χ3n) is 3.37.